The lowest BCUT2D eigenvalue weighted by molar-refractivity contribution is 0.637. The maximum atomic E-state index is 5.78. The van der Waals surface area contributed by atoms with Gasteiger partial charge < -0.3 is 11.1 Å². The van der Waals surface area contributed by atoms with Gasteiger partial charge in [-0.2, -0.15) is 0 Å². The highest BCUT2D eigenvalue weighted by atomic mass is 127. The third-order valence-electron chi connectivity index (χ3n) is 2.67. The van der Waals surface area contributed by atoms with Crippen molar-refractivity contribution in [3.8, 4) is 0 Å². The molecule has 3 nitrogen and oxygen atoms in total. The summed E-state index contributed by atoms with van der Waals surface area (Å²) in [6.45, 7) is 7.06. The summed E-state index contributed by atoms with van der Waals surface area (Å²) in [5.41, 5.74) is 7.07. The zero-order valence-corrected chi connectivity index (χ0v) is 15.0. The number of benzene rings is 1. The number of thioether (sulfide) groups is 1. The van der Waals surface area contributed by atoms with E-state index in [-0.39, 0.29) is 24.0 Å². The van der Waals surface area contributed by atoms with Gasteiger partial charge in [0, 0.05) is 16.7 Å². The van der Waals surface area contributed by atoms with E-state index in [0.717, 1.165) is 18.7 Å². The minimum atomic E-state index is 0. The third kappa shape index (κ3) is 8.36. The number of aliphatic imine (C=N–C) groups is 1. The molecule has 0 fully saturated rings. The Morgan fingerprint density at radius 3 is 2.58 bits per heavy atom. The molecule has 108 valence electrons. The molecule has 3 N–H and O–H groups in total. The molecule has 5 heteroatoms. The van der Waals surface area contributed by atoms with Crippen LogP contribution < -0.4 is 11.1 Å². The molecule has 1 atom stereocenters. The molecule has 1 unspecified atom stereocenters. The lowest BCUT2D eigenvalue weighted by atomic mass is 10.2. The second-order valence-corrected chi connectivity index (χ2v) is 5.55. The third-order valence-corrected chi connectivity index (χ3v) is 3.66. The molecule has 0 heterocycles. The summed E-state index contributed by atoms with van der Waals surface area (Å²) in [7, 11) is 0. The summed E-state index contributed by atoms with van der Waals surface area (Å²) in [5.74, 6) is 1.50. The second-order valence-electron chi connectivity index (χ2n) is 4.38. The molecule has 1 rings (SSSR count). The predicted molar refractivity (Wildman–Crippen MR) is 96.7 cm³/mol. The summed E-state index contributed by atoms with van der Waals surface area (Å²) < 4.78 is 0. The van der Waals surface area contributed by atoms with Crippen LogP contribution in [0.3, 0.4) is 0 Å². The molecule has 0 aliphatic carbocycles. The Kier molecular flexibility index (Phi) is 10.1. The maximum Gasteiger partial charge on any atom is 0.188 e. The van der Waals surface area contributed by atoms with Crippen molar-refractivity contribution in [3.05, 3.63) is 29.8 Å². The van der Waals surface area contributed by atoms with Crippen LogP contribution in [0.1, 0.15) is 25.8 Å². The summed E-state index contributed by atoms with van der Waals surface area (Å²) in [6, 6.07) is 8.93. The van der Waals surface area contributed by atoms with E-state index in [1.807, 2.05) is 0 Å². The van der Waals surface area contributed by atoms with E-state index in [4.69, 9.17) is 5.73 Å². The molecule has 0 saturated carbocycles. The van der Waals surface area contributed by atoms with Gasteiger partial charge in [0.25, 0.3) is 0 Å². The molecular weight excluding hydrogens is 369 g/mol. The number of nitrogens with zero attached hydrogens (tertiary/aromatic N) is 1. The van der Waals surface area contributed by atoms with Gasteiger partial charge in [0.15, 0.2) is 5.96 Å². The molecule has 1 aromatic rings. The normalized spacial score (nSPS) is 12.7. The zero-order chi connectivity index (χ0) is 13.4. The maximum absolute atomic E-state index is 5.78. The van der Waals surface area contributed by atoms with E-state index >= 15 is 0 Å². The number of nitrogens with one attached hydrogen (secondary N) is 1. The van der Waals surface area contributed by atoms with Gasteiger partial charge in [0.05, 0.1) is 6.54 Å². The lowest BCUT2D eigenvalue weighted by Gasteiger charge is -2.11. The van der Waals surface area contributed by atoms with Crippen LogP contribution in [0.2, 0.25) is 0 Å². The van der Waals surface area contributed by atoms with Crippen molar-refractivity contribution in [3.63, 3.8) is 0 Å². The molecule has 0 amide bonds. The molecule has 0 aliphatic rings. The fourth-order valence-corrected chi connectivity index (χ4v) is 2.11. The Bertz CT molecular complexity index is 379. The highest BCUT2D eigenvalue weighted by molar-refractivity contribution is 14.0. The van der Waals surface area contributed by atoms with Gasteiger partial charge in [-0.25, -0.2) is 0 Å². The Balaban J connectivity index is 0.00000324. The number of rotatable bonds is 6. The van der Waals surface area contributed by atoms with E-state index in [0.29, 0.717) is 12.0 Å². The largest absolute Gasteiger partial charge is 0.370 e. The number of nitrogens with two attached hydrogens (primary N) is 1. The molecule has 0 saturated heterocycles. The van der Waals surface area contributed by atoms with E-state index in [2.05, 4.69) is 55.3 Å². The van der Waals surface area contributed by atoms with Crippen LogP contribution in [0.15, 0.2) is 34.2 Å². The van der Waals surface area contributed by atoms with Crippen molar-refractivity contribution >= 4 is 41.7 Å². The van der Waals surface area contributed by atoms with Gasteiger partial charge in [-0.15, -0.1) is 35.7 Å². The van der Waals surface area contributed by atoms with Crippen LogP contribution in [0, 0.1) is 6.92 Å². The van der Waals surface area contributed by atoms with Gasteiger partial charge in [0.2, 0.25) is 0 Å². The number of hydrogen-bond donors (Lipinski definition) is 2. The van der Waals surface area contributed by atoms with Gasteiger partial charge in [0.1, 0.15) is 0 Å². The average Bonchev–Trinajstić information content (AvgIpc) is 2.36. The monoisotopic (exact) mass is 393 g/mol. The molecule has 0 bridgehead atoms. The molecular formula is C14H24IN3S. The first-order valence-electron chi connectivity index (χ1n) is 6.37. The van der Waals surface area contributed by atoms with Crippen molar-refractivity contribution in [2.24, 2.45) is 10.7 Å². The first-order chi connectivity index (χ1) is 8.61. The van der Waals surface area contributed by atoms with Gasteiger partial charge in [-0.1, -0.05) is 24.6 Å². The highest BCUT2D eigenvalue weighted by Crippen LogP contribution is 2.17. The summed E-state index contributed by atoms with van der Waals surface area (Å²) in [6.07, 6.45) is 1.05. The Morgan fingerprint density at radius 2 is 2.00 bits per heavy atom. The number of hydrogen-bond acceptors (Lipinski definition) is 2. The van der Waals surface area contributed by atoms with Crippen LogP contribution in [0.5, 0.6) is 0 Å². The zero-order valence-electron chi connectivity index (χ0n) is 11.8. The van der Waals surface area contributed by atoms with Crippen LogP contribution in [0.25, 0.3) is 0 Å². The van der Waals surface area contributed by atoms with Gasteiger partial charge in [-0.05, 0) is 32.4 Å². The van der Waals surface area contributed by atoms with Crippen LogP contribution in [0.4, 0.5) is 0 Å². The topological polar surface area (TPSA) is 50.4 Å². The Hall–Kier alpha value is -0.430. The van der Waals surface area contributed by atoms with Crippen molar-refractivity contribution < 1.29 is 0 Å². The predicted octanol–water partition coefficient (Wildman–Crippen LogP) is 3.41. The quantitative estimate of drug-likeness (QED) is 0.256. The Labute approximate surface area is 137 Å². The van der Waals surface area contributed by atoms with E-state index in [1.165, 1.54) is 10.5 Å². The van der Waals surface area contributed by atoms with Crippen molar-refractivity contribution in [1.29, 1.82) is 0 Å². The molecule has 1 aromatic carbocycles. The molecule has 19 heavy (non-hydrogen) atoms. The van der Waals surface area contributed by atoms with E-state index in [1.54, 1.807) is 11.8 Å². The summed E-state index contributed by atoms with van der Waals surface area (Å²) in [4.78, 5) is 5.59. The van der Waals surface area contributed by atoms with E-state index < -0.39 is 0 Å². The SMILES string of the molecule is CCC(C)NC(N)=NCCSc1ccc(C)cc1.I. The number of aryl methyl sites for hydroxylation is 1. The van der Waals surface area contributed by atoms with Gasteiger partial charge >= 0.3 is 0 Å². The lowest BCUT2D eigenvalue weighted by Crippen LogP contribution is -2.38. The summed E-state index contributed by atoms with van der Waals surface area (Å²) in [5, 5.41) is 3.15. The van der Waals surface area contributed by atoms with Crippen LogP contribution in [-0.2, 0) is 0 Å². The van der Waals surface area contributed by atoms with Crippen molar-refractivity contribution in [2.75, 3.05) is 12.3 Å². The summed E-state index contributed by atoms with van der Waals surface area (Å²) >= 11 is 1.81. The first kappa shape index (κ1) is 18.6. The standard InChI is InChI=1S/C14H23N3S.HI/c1-4-12(3)17-14(15)16-9-10-18-13-7-5-11(2)6-8-13;/h5-8,12H,4,9-10H2,1-3H3,(H3,15,16,17);1H. The average molecular weight is 393 g/mol. The molecule has 0 aliphatic heterocycles. The van der Waals surface area contributed by atoms with Crippen molar-refractivity contribution in [2.45, 2.75) is 38.1 Å². The fraction of sp³-hybridized carbons (Fsp3) is 0.500. The van der Waals surface area contributed by atoms with Crippen LogP contribution in [-0.4, -0.2) is 24.3 Å². The minimum Gasteiger partial charge on any atom is -0.370 e. The second kappa shape index (κ2) is 10.4. The molecule has 0 spiro atoms. The number of guanidine groups is 1. The highest BCUT2D eigenvalue weighted by Gasteiger charge is 1.98. The number of halogens is 1. The van der Waals surface area contributed by atoms with E-state index in [9.17, 15) is 0 Å². The first-order valence-corrected chi connectivity index (χ1v) is 7.36. The van der Waals surface area contributed by atoms with Gasteiger partial charge in [-0.3, -0.25) is 4.99 Å². The smallest absolute Gasteiger partial charge is 0.188 e. The van der Waals surface area contributed by atoms with Crippen LogP contribution >= 0.6 is 35.7 Å². The molecule has 0 radical (unpaired) electrons. The molecule has 0 aromatic heterocycles. The minimum absolute atomic E-state index is 0. The fourth-order valence-electron chi connectivity index (χ4n) is 1.36. The van der Waals surface area contributed by atoms with Crippen molar-refractivity contribution in [1.82, 2.24) is 5.32 Å². The Morgan fingerprint density at radius 1 is 1.37 bits per heavy atom.